The average molecular weight is 510 g/mol. The van der Waals surface area contributed by atoms with Gasteiger partial charge in [-0.1, -0.05) is 6.92 Å². The van der Waals surface area contributed by atoms with Crippen molar-refractivity contribution >= 4 is 28.8 Å². The van der Waals surface area contributed by atoms with E-state index in [1.165, 1.54) is 0 Å². The van der Waals surface area contributed by atoms with E-state index in [9.17, 15) is 4.79 Å². The molecule has 200 valence electrons. The third-order valence-electron chi connectivity index (χ3n) is 5.74. The molecule has 3 aromatic rings. The van der Waals surface area contributed by atoms with Gasteiger partial charge in [-0.25, -0.2) is 14.8 Å². The van der Waals surface area contributed by atoms with Gasteiger partial charge in [0.15, 0.2) is 5.65 Å². The van der Waals surface area contributed by atoms with Crippen molar-refractivity contribution in [3.8, 4) is 22.6 Å². The Hall–Kier alpha value is -3.66. The molecule has 0 aliphatic carbocycles. The van der Waals surface area contributed by atoms with E-state index in [4.69, 9.17) is 14.5 Å². The molecule has 0 saturated carbocycles. The molecule has 0 spiro atoms. The topological polar surface area (TPSA) is 114 Å². The van der Waals surface area contributed by atoms with E-state index >= 15 is 0 Å². The Kier molecular flexibility index (Phi) is 9.46. The normalized spacial score (nSPS) is 11.5. The second-order valence-corrected chi connectivity index (χ2v) is 9.95. The zero-order valence-electron chi connectivity index (χ0n) is 22.9. The van der Waals surface area contributed by atoms with Crippen molar-refractivity contribution in [2.75, 3.05) is 51.5 Å². The lowest BCUT2D eigenvalue weighted by atomic mass is 10.0. The smallest absolute Gasteiger partial charge is 0.320 e. The van der Waals surface area contributed by atoms with E-state index < -0.39 is 5.54 Å². The molecule has 0 radical (unpaired) electrons. The van der Waals surface area contributed by atoms with Crippen molar-refractivity contribution in [3.05, 3.63) is 30.5 Å². The first-order valence-electron chi connectivity index (χ1n) is 12.5. The molecule has 0 fully saturated rings. The lowest BCUT2D eigenvalue weighted by molar-refractivity contribution is 0.243. The maximum atomic E-state index is 12.8. The van der Waals surface area contributed by atoms with Gasteiger partial charge in [-0.05, 0) is 77.5 Å². The fourth-order valence-corrected chi connectivity index (χ4v) is 3.67. The van der Waals surface area contributed by atoms with Crippen LogP contribution in [0.3, 0.4) is 0 Å². The lowest BCUT2D eigenvalue weighted by Crippen LogP contribution is -2.43. The number of unbranched alkanes of at least 4 members (excludes halogenated alkanes) is 1. The summed E-state index contributed by atoms with van der Waals surface area (Å²) in [5.74, 6) is 2.13. The average Bonchev–Trinajstić information content (AvgIpc) is 2.86. The van der Waals surface area contributed by atoms with Crippen LogP contribution in [-0.4, -0.2) is 72.3 Å². The van der Waals surface area contributed by atoms with E-state index in [2.05, 4.69) is 44.8 Å². The molecule has 2 aromatic heterocycles. The van der Waals surface area contributed by atoms with Gasteiger partial charge in [0.1, 0.15) is 17.3 Å². The number of rotatable bonds is 11. The number of nitrogens with zero attached hydrogens (tertiary/aromatic N) is 4. The lowest BCUT2D eigenvalue weighted by Gasteiger charge is -2.21. The summed E-state index contributed by atoms with van der Waals surface area (Å²) in [7, 11) is 5.31. The van der Waals surface area contributed by atoms with E-state index in [1.807, 2.05) is 39.0 Å². The second-order valence-electron chi connectivity index (χ2n) is 9.95. The molecule has 0 unspecified atom stereocenters. The SMILES string of the molecule is CCN(C)CCCCNc1ncc2cc(-c3cc(OC)cc(OC)c3)c(NC(=O)NC(C)(C)C)nc2n1. The molecule has 1 aromatic carbocycles. The van der Waals surface area contributed by atoms with Crippen LogP contribution in [0.15, 0.2) is 30.5 Å². The van der Waals surface area contributed by atoms with E-state index in [-0.39, 0.29) is 6.03 Å². The molecule has 3 rings (SSSR count). The van der Waals surface area contributed by atoms with Crippen molar-refractivity contribution in [2.24, 2.45) is 0 Å². The predicted octanol–water partition coefficient (Wildman–Crippen LogP) is 4.77. The van der Waals surface area contributed by atoms with Crippen LogP contribution in [0.2, 0.25) is 0 Å². The summed E-state index contributed by atoms with van der Waals surface area (Å²) in [5.41, 5.74) is 1.53. The zero-order chi connectivity index (χ0) is 27.0. The molecule has 2 heterocycles. The van der Waals surface area contributed by atoms with Gasteiger partial charge in [-0.15, -0.1) is 0 Å². The first-order chi connectivity index (χ1) is 17.6. The van der Waals surface area contributed by atoms with Crippen LogP contribution in [0.1, 0.15) is 40.5 Å². The van der Waals surface area contributed by atoms with Gasteiger partial charge in [0.05, 0.1) is 14.2 Å². The number of amides is 2. The Morgan fingerprint density at radius 1 is 1.03 bits per heavy atom. The number of nitrogens with one attached hydrogen (secondary N) is 3. The summed E-state index contributed by atoms with van der Waals surface area (Å²) >= 11 is 0. The minimum absolute atomic E-state index is 0.361. The highest BCUT2D eigenvalue weighted by molar-refractivity contribution is 5.96. The number of fused-ring (bicyclic) bond motifs is 1. The highest BCUT2D eigenvalue weighted by Crippen LogP contribution is 2.35. The molecule has 0 atom stereocenters. The minimum Gasteiger partial charge on any atom is -0.497 e. The third kappa shape index (κ3) is 8.18. The van der Waals surface area contributed by atoms with E-state index in [1.54, 1.807) is 26.5 Å². The van der Waals surface area contributed by atoms with Crippen molar-refractivity contribution < 1.29 is 14.3 Å². The van der Waals surface area contributed by atoms with E-state index in [0.29, 0.717) is 34.5 Å². The minimum atomic E-state index is -0.411. The maximum Gasteiger partial charge on any atom is 0.320 e. The number of aromatic nitrogens is 3. The fourth-order valence-electron chi connectivity index (χ4n) is 3.67. The van der Waals surface area contributed by atoms with Gasteiger partial charge in [0.25, 0.3) is 0 Å². The highest BCUT2D eigenvalue weighted by Gasteiger charge is 2.18. The first kappa shape index (κ1) is 27.9. The number of carbonyl (C=O) groups excluding carboxylic acids is 1. The molecule has 0 aliphatic heterocycles. The van der Waals surface area contributed by atoms with Crippen molar-refractivity contribution in [1.82, 2.24) is 25.2 Å². The van der Waals surface area contributed by atoms with Gasteiger partial charge in [0.2, 0.25) is 5.95 Å². The Morgan fingerprint density at radius 3 is 2.35 bits per heavy atom. The first-order valence-corrected chi connectivity index (χ1v) is 12.5. The Balaban J connectivity index is 1.93. The van der Waals surface area contributed by atoms with E-state index in [0.717, 1.165) is 43.4 Å². The Morgan fingerprint density at radius 2 is 1.73 bits per heavy atom. The fraction of sp³-hybridized carbons (Fsp3) is 0.481. The number of carbonyl (C=O) groups is 1. The van der Waals surface area contributed by atoms with Gasteiger partial charge >= 0.3 is 6.03 Å². The molecule has 0 bridgehead atoms. The number of methoxy groups -OCH3 is 2. The quantitative estimate of drug-likeness (QED) is 0.317. The number of hydrogen-bond acceptors (Lipinski definition) is 8. The zero-order valence-corrected chi connectivity index (χ0v) is 22.9. The van der Waals surface area contributed by atoms with Crippen molar-refractivity contribution in [1.29, 1.82) is 0 Å². The largest absolute Gasteiger partial charge is 0.497 e. The molecule has 37 heavy (non-hydrogen) atoms. The number of pyridine rings is 1. The highest BCUT2D eigenvalue weighted by atomic mass is 16.5. The number of hydrogen-bond donors (Lipinski definition) is 3. The van der Waals surface area contributed by atoms with Gasteiger partial charge < -0.3 is 25.0 Å². The van der Waals surface area contributed by atoms with Crippen LogP contribution < -0.4 is 25.4 Å². The molecule has 0 aliphatic rings. The molecule has 3 N–H and O–H groups in total. The van der Waals surface area contributed by atoms with Gasteiger partial charge in [-0.2, -0.15) is 4.98 Å². The molecule has 2 amide bonds. The van der Waals surface area contributed by atoms with Crippen LogP contribution in [0.5, 0.6) is 11.5 Å². The maximum absolute atomic E-state index is 12.8. The number of anilines is 2. The van der Waals surface area contributed by atoms with Crippen LogP contribution in [0, 0.1) is 0 Å². The van der Waals surface area contributed by atoms with Crippen LogP contribution in [0.4, 0.5) is 16.6 Å². The second kappa shape index (κ2) is 12.5. The summed E-state index contributed by atoms with van der Waals surface area (Å²) in [6, 6.07) is 7.07. The summed E-state index contributed by atoms with van der Waals surface area (Å²) in [5, 5.41) is 9.84. The molecule has 0 saturated heterocycles. The molecular weight excluding hydrogens is 470 g/mol. The monoisotopic (exact) mass is 509 g/mol. The number of ether oxygens (including phenoxy) is 2. The van der Waals surface area contributed by atoms with Crippen LogP contribution in [-0.2, 0) is 0 Å². The van der Waals surface area contributed by atoms with Crippen LogP contribution >= 0.6 is 0 Å². The summed E-state index contributed by atoms with van der Waals surface area (Å²) in [6.45, 7) is 10.8. The standard InChI is InChI=1S/C27H39N7O3/c1-8-34(5)12-10-9-11-28-25-29-17-19-15-22(18-13-20(36-6)16-21(14-18)37-7)24(30-23(19)31-25)32-26(35)33-27(2,3)4/h13-17H,8-12H2,1-7H3,(H3,28,29,30,31,32,33,35). The molecule has 10 nitrogen and oxygen atoms in total. The van der Waals surface area contributed by atoms with Crippen molar-refractivity contribution in [3.63, 3.8) is 0 Å². The summed E-state index contributed by atoms with van der Waals surface area (Å²) in [6.07, 6.45) is 3.84. The third-order valence-corrected chi connectivity index (χ3v) is 5.74. The molecule has 10 heteroatoms. The van der Waals surface area contributed by atoms with Gasteiger partial charge in [0, 0.05) is 35.3 Å². The van der Waals surface area contributed by atoms with Crippen molar-refractivity contribution in [2.45, 2.75) is 46.1 Å². The Labute approximate surface area is 219 Å². The predicted molar refractivity (Wildman–Crippen MR) is 149 cm³/mol. The number of benzene rings is 1. The molecular formula is C27H39N7O3. The van der Waals surface area contributed by atoms with Crippen LogP contribution in [0.25, 0.3) is 22.2 Å². The summed E-state index contributed by atoms with van der Waals surface area (Å²) < 4.78 is 10.9. The summed E-state index contributed by atoms with van der Waals surface area (Å²) in [4.78, 5) is 28.9. The van der Waals surface area contributed by atoms with Gasteiger partial charge in [-0.3, -0.25) is 5.32 Å². The number of urea groups is 1. The Bertz CT molecular complexity index is 1190.